The van der Waals surface area contributed by atoms with Crippen molar-refractivity contribution in [3.63, 3.8) is 0 Å². The summed E-state index contributed by atoms with van der Waals surface area (Å²) in [5, 5.41) is 10.7. The molecule has 3 rings (SSSR count). The lowest BCUT2D eigenvalue weighted by Gasteiger charge is -2.29. The van der Waals surface area contributed by atoms with Crippen LogP contribution >= 0.6 is 0 Å². The monoisotopic (exact) mass is 298 g/mol. The van der Waals surface area contributed by atoms with Crippen molar-refractivity contribution in [2.75, 3.05) is 13.7 Å². The Bertz CT molecular complexity index is 683. The molecule has 0 atom stereocenters. The molecule has 5 heteroatoms. The van der Waals surface area contributed by atoms with Crippen molar-refractivity contribution in [2.45, 2.75) is 19.5 Å². The molecule has 2 aromatic rings. The van der Waals surface area contributed by atoms with Crippen molar-refractivity contribution in [3.8, 4) is 5.75 Å². The molecule has 2 aromatic carbocycles. The molecule has 0 N–H and O–H groups in total. The zero-order valence-electron chi connectivity index (χ0n) is 12.5. The van der Waals surface area contributed by atoms with Gasteiger partial charge in [0.05, 0.1) is 12.0 Å². The number of nitro groups is 1. The molecule has 0 spiro atoms. The minimum absolute atomic E-state index is 0.137. The molecule has 0 bridgehead atoms. The number of fused-ring (bicyclic) bond motifs is 1. The van der Waals surface area contributed by atoms with E-state index in [0.717, 1.165) is 37.4 Å². The predicted molar refractivity (Wildman–Crippen MR) is 83.9 cm³/mol. The highest BCUT2D eigenvalue weighted by molar-refractivity contribution is 5.37. The van der Waals surface area contributed by atoms with Gasteiger partial charge in [-0.15, -0.1) is 0 Å². The molecule has 0 aliphatic carbocycles. The highest BCUT2D eigenvalue weighted by Crippen LogP contribution is 2.25. The molecule has 0 radical (unpaired) electrons. The molecule has 0 unspecified atom stereocenters. The van der Waals surface area contributed by atoms with Gasteiger partial charge in [-0.1, -0.05) is 18.2 Å². The van der Waals surface area contributed by atoms with E-state index in [1.165, 1.54) is 11.1 Å². The van der Waals surface area contributed by atoms with E-state index in [1.807, 2.05) is 18.2 Å². The van der Waals surface area contributed by atoms with E-state index in [0.29, 0.717) is 0 Å². The summed E-state index contributed by atoms with van der Waals surface area (Å²) in [6.45, 7) is 2.68. The molecular weight excluding hydrogens is 280 g/mol. The van der Waals surface area contributed by atoms with Crippen molar-refractivity contribution in [3.05, 3.63) is 69.3 Å². The fourth-order valence-corrected chi connectivity index (χ4v) is 2.84. The second-order valence-electron chi connectivity index (χ2n) is 5.52. The van der Waals surface area contributed by atoms with Crippen LogP contribution in [-0.2, 0) is 19.5 Å². The number of hydrogen-bond acceptors (Lipinski definition) is 4. The Kier molecular flexibility index (Phi) is 4.06. The summed E-state index contributed by atoms with van der Waals surface area (Å²) in [7, 11) is 1.68. The molecule has 22 heavy (non-hydrogen) atoms. The van der Waals surface area contributed by atoms with Gasteiger partial charge < -0.3 is 4.74 Å². The fourth-order valence-electron chi connectivity index (χ4n) is 2.84. The Hall–Kier alpha value is -2.40. The maximum absolute atomic E-state index is 10.7. The SMILES string of the molecule is COc1ccc2c(c1)CN(Cc1ccc([N+](=O)[O-])cc1)CC2. The number of benzene rings is 2. The van der Waals surface area contributed by atoms with Gasteiger partial charge in [0.2, 0.25) is 0 Å². The number of ether oxygens (including phenoxy) is 1. The summed E-state index contributed by atoms with van der Waals surface area (Å²) >= 11 is 0. The molecular formula is C17H18N2O3. The predicted octanol–water partition coefficient (Wildman–Crippen LogP) is 3.16. The van der Waals surface area contributed by atoms with Gasteiger partial charge in [-0.05, 0) is 35.2 Å². The summed E-state index contributed by atoms with van der Waals surface area (Å²) in [4.78, 5) is 12.7. The Labute approximate surface area is 129 Å². The van der Waals surface area contributed by atoms with Crippen LogP contribution in [-0.4, -0.2) is 23.5 Å². The molecule has 1 heterocycles. The fraction of sp³-hybridized carbons (Fsp3) is 0.294. The van der Waals surface area contributed by atoms with Crippen LogP contribution in [0, 0.1) is 10.1 Å². The van der Waals surface area contributed by atoms with Crippen LogP contribution < -0.4 is 4.74 Å². The minimum Gasteiger partial charge on any atom is -0.497 e. The number of nitrogens with zero attached hydrogens (tertiary/aromatic N) is 2. The third-order valence-corrected chi connectivity index (χ3v) is 4.06. The standard InChI is InChI=1S/C17H18N2O3/c1-22-17-7-4-14-8-9-18(12-15(14)10-17)11-13-2-5-16(6-3-13)19(20)21/h2-7,10H,8-9,11-12H2,1H3. The van der Waals surface area contributed by atoms with Crippen molar-refractivity contribution in [2.24, 2.45) is 0 Å². The first kappa shape index (κ1) is 14.5. The molecule has 0 saturated heterocycles. The van der Waals surface area contributed by atoms with E-state index in [4.69, 9.17) is 4.74 Å². The van der Waals surface area contributed by atoms with Crippen LogP contribution in [0.4, 0.5) is 5.69 Å². The third-order valence-electron chi connectivity index (χ3n) is 4.06. The minimum atomic E-state index is -0.368. The number of non-ortho nitro benzene ring substituents is 1. The Balaban J connectivity index is 1.70. The van der Waals surface area contributed by atoms with Gasteiger partial charge in [0.1, 0.15) is 5.75 Å². The lowest BCUT2D eigenvalue weighted by Crippen LogP contribution is -2.30. The largest absolute Gasteiger partial charge is 0.497 e. The average Bonchev–Trinajstić information content (AvgIpc) is 2.54. The Morgan fingerprint density at radius 2 is 1.95 bits per heavy atom. The normalized spacial score (nSPS) is 14.4. The lowest BCUT2D eigenvalue weighted by molar-refractivity contribution is -0.384. The van der Waals surface area contributed by atoms with E-state index in [9.17, 15) is 10.1 Å². The molecule has 0 aromatic heterocycles. The topological polar surface area (TPSA) is 55.6 Å². The quantitative estimate of drug-likeness (QED) is 0.642. The highest BCUT2D eigenvalue weighted by Gasteiger charge is 2.17. The zero-order valence-corrected chi connectivity index (χ0v) is 12.5. The molecule has 0 amide bonds. The van der Waals surface area contributed by atoms with Gasteiger partial charge in [-0.3, -0.25) is 15.0 Å². The van der Waals surface area contributed by atoms with Crippen molar-refractivity contribution < 1.29 is 9.66 Å². The van der Waals surface area contributed by atoms with Crippen molar-refractivity contribution in [1.82, 2.24) is 4.90 Å². The Morgan fingerprint density at radius 3 is 2.64 bits per heavy atom. The molecule has 1 aliphatic rings. The van der Waals surface area contributed by atoms with Gasteiger partial charge >= 0.3 is 0 Å². The van der Waals surface area contributed by atoms with Crippen LogP contribution in [0.3, 0.4) is 0 Å². The van der Waals surface area contributed by atoms with Gasteiger partial charge in [0, 0.05) is 31.8 Å². The van der Waals surface area contributed by atoms with E-state index >= 15 is 0 Å². The number of hydrogen-bond donors (Lipinski definition) is 0. The summed E-state index contributed by atoms with van der Waals surface area (Å²) in [6, 6.07) is 13.0. The van der Waals surface area contributed by atoms with E-state index in [-0.39, 0.29) is 10.6 Å². The molecule has 114 valence electrons. The van der Waals surface area contributed by atoms with Gasteiger partial charge in [-0.2, -0.15) is 0 Å². The molecule has 1 aliphatic heterocycles. The number of rotatable bonds is 4. The van der Waals surface area contributed by atoms with E-state index in [2.05, 4.69) is 17.0 Å². The maximum Gasteiger partial charge on any atom is 0.269 e. The molecule has 5 nitrogen and oxygen atoms in total. The van der Waals surface area contributed by atoms with Crippen LogP contribution in [0.2, 0.25) is 0 Å². The number of nitro benzene ring substituents is 1. The second kappa shape index (κ2) is 6.15. The van der Waals surface area contributed by atoms with Gasteiger partial charge in [0.25, 0.3) is 5.69 Å². The summed E-state index contributed by atoms with van der Waals surface area (Å²) < 4.78 is 5.29. The van der Waals surface area contributed by atoms with Crippen molar-refractivity contribution in [1.29, 1.82) is 0 Å². The Morgan fingerprint density at radius 1 is 1.18 bits per heavy atom. The van der Waals surface area contributed by atoms with Crippen LogP contribution in [0.15, 0.2) is 42.5 Å². The molecule has 0 saturated carbocycles. The summed E-state index contributed by atoms with van der Waals surface area (Å²) in [5.74, 6) is 0.885. The first-order valence-electron chi connectivity index (χ1n) is 7.27. The van der Waals surface area contributed by atoms with E-state index < -0.39 is 0 Å². The van der Waals surface area contributed by atoms with E-state index in [1.54, 1.807) is 19.2 Å². The zero-order chi connectivity index (χ0) is 15.5. The second-order valence-corrected chi connectivity index (χ2v) is 5.52. The first-order valence-corrected chi connectivity index (χ1v) is 7.27. The maximum atomic E-state index is 10.7. The third kappa shape index (κ3) is 3.09. The van der Waals surface area contributed by atoms with Crippen LogP contribution in [0.5, 0.6) is 5.75 Å². The highest BCUT2D eigenvalue weighted by atomic mass is 16.6. The lowest BCUT2D eigenvalue weighted by atomic mass is 9.99. The summed E-state index contributed by atoms with van der Waals surface area (Å²) in [5.41, 5.74) is 3.91. The molecule has 0 fully saturated rings. The van der Waals surface area contributed by atoms with Crippen molar-refractivity contribution >= 4 is 5.69 Å². The van der Waals surface area contributed by atoms with Gasteiger partial charge in [-0.25, -0.2) is 0 Å². The summed E-state index contributed by atoms with van der Waals surface area (Å²) in [6.07, 6.45) is 1.02. The first-order chi connectivity index (χ1) is 10.7. The number of methoxy groups -OCH3 is 1. The van der Waals surface area contributed by atoms with Crippen LogP contribution in [0.1, 0.15) is 16.7 Å². The smallest absolute Gasteiger partial charge is 0.269 e. The van der Waals surface area contributed by atoms with Gasteiger partial charge in [0.15, 0.2) is 0 Å². The average molecular weight is 298 g/mol. The van der Waals surface area contributed by atoms with Crippen LogP contribution in [0.25, 0.3) is 0 Å².